The van der Waals surface area contributed by atoms with Gasteiger partial charge >= 0.3 is 0 Å². The molecule has 474 valence electrons. The van der Waals surface area contributed by atoms with Crippen molar-refractivity contribution in [2.75, 3.05) is 9.80 Å². The van der Waals surface area contributed by atoms with Crippen molar-refractivity contribution in [3.63, 3.8) is 0 Å². The van der Waals surface area contributed by atoms with Crippen LogP contribution in [-0.4, -0.2) is 18.0 Å². The number of benzene rings is 15. The van der Waals surface area contributed by atoms with Crippen molar-refractivity contribution < 1.29 is 9.47 Å². The molecule has 5 heterocycles. The third-order valence-electron chi connectivity index (χ3n) is 21.4. The molecule has 0 saturated heterocycles. The van der Waals surface area contributed by atoms with Crippen LogP contribution < -0.4 is 52.1 Å². The number of rotatable bonds is 9. The number of para-hydroxylation sites is 4. The third-order valence-corrected chi connectivity index (χ3v) is 21.4. The van der Waals surface area contributed by atoms with Gasteiger partial charge in [0.2, 0.25) is 0 Å². The summed E-state index contributed by atoms with van der Waals surface area (Å²) in [7, 11) is 0. The van der Waals surface area contributed by atoms with E-state index in [-0.39, 0.29) is 12.1 Å². The first-order valence-electron chi connectivity index (χ1n) is 35.1. The lowest BCUT2D eigenvalue weighted by atomic mass is 9.30. The molecule has 7 heteroatoms. The summed E-state index contributed by atoms with van der Waals surface area (Å²) in [6.45, 7) is 6.37. The summed E-state index contributed by atoms with van der Waals surface area (Å²) in [5.41, 5.74) is 30.7. The van der Waals surface area contributed by atoms with Crippen molar-refractivity contribution in [2.45, 2.75) is 26.2 Å². The van der Waals surface area contributed by atoms with E-state index in [2.05, 4.69) is 375 Å². The fraction of sp³-hybridized carbons (Fsp3) is 0.0426. The predicted octanol–water partition coefficient (Wildman–Crippen LogP) is 20.9. The van der Waals surface area contributed by atoms with Crippen LogP contribution in [0.2, 0.25) is 0 Å². The van der Waals surface area contributed by atoms with Crippen LogP contribution in [-0.2, 0) is 5.41 Å². The summed E-state index contributed by atoms with van der Waals surface area (Å²) in [5.74, 6) is 3.23. The average Bonchev–Trinajstić information content (AvgIpc) is 0.898. The van der Waals surface area contributed by atoms with Crippen LogP contribution in [0.3, 0.4) is 0 Å². The number of ether oxygens (including phenoxy) is 2. The van der Waals surface area contributed by atoms with E-state index in [1.54, 1.807) is 0 Å². The molecule has 20 rings (SSSR count). The molecule has 0 bridgehead atoms. The highest BCUT2D eigenvalue weighted by molar-refractivity contribution is 7.03. The second kappa shape index (κ2) is 23.0. The van der Waals surface area contributed by atoms with Crippen molar-refractivity contribution in [1.29, 1.82) is 0 Å². The lowest BCUT2D eigenvalue weighted by molar-refractivity contribution is 0.470. The molecular weight excluding hydrogens is 1220 g/mol. The molecule has 0 saturated carbocycles. The molecule has 0 fully saturated rings. The van der Waals surface area contributed by atoms with Crippen LogP contribution in [0.4, 0.5) is 34.1 Å². The van der Waals surface area contributed by atoms with Gasteiger partial charge in [-0.2, -0.15) is 0 Å². The fourth-order valence-corrected chi connectivity index (χ4v) is 16.9. The SMILES string of the molecule is CC(C)(C)c1cc2c3c(c1)N(c1c(-c4ccccc4)cccc1-c1ccccc1)c1cc4c5c(c1B3c1cc(-c3ccccc3)ccc1N2c1c(-c2ccccc2)cccc1-c1ccccc1)Oc1ccc(-c2ccccc2)cc1B5c1ccc2c(c1O4)c1ccccc1n2-c1ccccc1. The summed E-state index contributed by atoms with van der Waals surface area (Å²) in [6.07, 6.45) is 0. The number of hydrogen-bond acceptors (Lipinski definition) is 4. The quantitative estimate of drug-likeness (QED) is 0.135. The van der Waals surface area contributed by atoms with Gasteiger partial charge in [0.15, 0.2) is 0 Å². The molecule has 0 radical (unpaired) electrons. The zero-order valence-electron chi connectivity index (χ0n) is 56.1. The molecule has 5 nitrogen and oxygen atoms in total. The van der Waals surface area contributed by atoms with Crippen molar-refractivity contribution in [1.82, 2.24) is 4.57 Å². The minimum atomic E-state index is -0.401. The van der Waals surface area contributed by atoms with Crippen LogP contribution in [0.15, 0.2) is 340 Å². The minimum Gasteiger partial charge on any atom is -0.459 e. The maximum Gasteiger partial charge on any atom is 0.260 e. The second-order valence-corrected chi connectivity index (χ2v) is 28.2. The van der Waals surface area contributed by atoms with Crippen molar-refractivity contribution in [3.8, 4) is 95.4 Å². The van der Waals surface area contributed by atoms with E-state index in [4.69, 9.17) is 9.47 Å². The molecular formula is C94H65B2N3O2. The van der Waals surface area contributed by atoms with Crippen molar-refractivity contribution in [2.24, 2.45) is 0 Å². The highest BCUT2D eigenvalue weighted by Gasteiger charge is 2.52. The Morgan fingerprint density at radius 1 is 0.287 bits per heavy atom. The van der Waals surface area contributed by atoms with Gasteiger partial charge in [0.05, 0.1) is 27.8 Å². The van der Waals surface area contributed by atoms with E-state index < -0.39 is 6.71 Å². The van der Waals surface area contributed by atoms with E-state index in [0.29, 0.717) is 0 Å². The molecule has 0 amide bonds. The molecule has 101 heavy (non-hydrogen) atoms. The first-order chi connectivity index (χ1) is 49.8. The van der Waals surface area contributed by atoms with Gasteiger partial charge in [-0.25, -0.2) is 0 Å². The van der Waals surface area contributed by atoms with E-state index in [0.717, 1.165) is 173 Å². The molecule has 0 atom stereocenters. The van der Waals surface area contributed by atoms with Gasteiger partial charge in [0.25, 0.3) is 13.4 Å². The Morgan fingerprint density at radius 2 is 0.733 bits per heavy atom. The Bertz CT molecular complexity index is 5880. The van der Waals surface area contributed by atoms with Crippen molar-refractivity contribution >= 4 is 102 Å². The largest absolute Gasteiger partial charge is 0.459 e. The average molecular weight is 1290 g/mol. The first-order valence-corrected chi connectivity index (χ1v) is 35.1. The van der Waals surface area contributed by atoms with Gasteiger partial charge in [0, 0.05) is 67.6 Å². The number of hydrogen-bond donors (Lipinski definition) is 0. The lowest BCUT2D eigenvalue weighted by Gasteiger charge is -2.48. The zero-order valence-corrected chi connectivity index (χ0v) is 56.1. The molecule has 4 aliphatic rings. The van der Waals surface area contributed by atoms with Gasteiger partial charge < -0.3 is 23.8 Å². The number of fused-ring (bicyclic) bond motifs is 13. The number of aromatic nitrogens is 1. The molecule has 16 aromatic rings. The summed E-state index contributed by atoms with van der Waals surface area (Å²) in [4.78, 5) is 5.29. The van der Waals surface area contributed by atoms with Crippen LogP contribution in [0.25, 0.3) is 94.3 Å². The lowest BCUT2D eigenvalue weighted by Crippen LogP contribution is -2.65. The summed E-state index contributed by atoms with van der Waals surface area (Å²) >= 11 is 0. The highest BCUT2D eigenvalue weighted by atomic mass is 16.5. The molecule has 0 N–H and O–H groups in total. The molecule has 4 aliphatic heterocycles. The summed E-state index contributed by atoms with van der Waals surface area (Å²) in [5, 5.41) is 2.20. The van der Waals surface area contributed by atoms with Gasteiger partial charge in [-0.05, 0) is 131 Å². The Balaban J connectivity index is 0.966. The van der Waals surface area contributed by atoms with Crippen LogP contribution in [0, 0.1) is 0 Å². The molecule has 15 aromatic carbocycles. The van der Waals surface area contributed by atoms with Crippen LogP contribution >= 0.6 is 0 Å². The van der Waals surface area contributed by atoms with E-state index >= 15 is 0 Å². The van der Waals surface area contributed by atoms with Crippen molar-refractivity contribution in [3.05, 3.63) is 345 Å². The van der Waals surface area contributed by atoms with Gasteiger partial charge in [-0.1, -0.05) is 306 Å². The maximum absolute atomic E-state index is 8.12. The van der Waals surface area contributed by atoms with E-state index in [1.807, 2.05) is 0 Å². The van der Waals surface area contributed by atoms with E-state index in [1.165, 1.54) is 16.5 Å². The summed E-state index contributed by atoms with van der Waals surface area (Å²) in [6, 6.07) is 125. The van der Waals surface area contributed by atoms with Gasteiger partial charge in [-0.15, -0.1) is 0 Å². The highest BCUT2D eigenvalue weighted by Crippen LogP contribution is 2.56. The Kier molecular flexibility index (Phi) is 13.4. The fourth-order valence-electron chi connectivity index (χ4n) is 16.9. The normalized spacial score (nSPS) is 13.0. The maximum atomic E-state index is 8.12. The topological polar surface area (TPSA) is 29.9 Å². The van der Waals surface area contributed by atoms with E-state index in [9.17, 15) is 0 Å². The monoisotopic (exact) mass is 1290 g/mol. The molecule has 0 aliphatic carbocycles. The summed E-state index contributed by atoms with van der Waals surface area (Å²) < 4.78 is 18.6. The van der Waals surface area contributed by atoms with Crippen LogP contribution in [0.1, 0.15) is 26.3 Å². The van der Waals surface area contributed by atoms with Gasteiger partial charge in [-0.3, -0.25) is 0 Å². The number of nitrogens with zero attached hydrogens (tertiary/aromatic N) is 3. The first kappa shape index (κ1) is 58.6. The predicted molar refractivity (Wildman–Crippen MR) is 424 cm³/mol. The van der Waals surface area contributed by atoms with Crippen LogP contribution in [0.5, 0.6) is 23.0 Å². The third kappa shape index (κ3) is 9.19. The molecule has 0 spiro atoms. The standard InChI is InChI=1S/C94H65B2N3O2/c1-94(2,3)68-57-81-87-82(58-68)99(91-72(64-37-19-8-20-38-64)46-28-47-73(91)65-39-21-9-22-40-65)83-59-85-89-93(88(83)96(87)76-55-66(60-29-11-4-12-30-60)49-52-79(76)98(81)90-70(62-33-15-6-16-34-62)44-27-45-71(90)63-35-17-7-18-36-63)100-84-54-50-67(61-31-13-5-14-32-61)56-77(84)95(89)75-51-53-80-86(92(75)101-85)74-43-25-26-48-78(74)97(80)69-41-23-10-24-42-69/h4-59H,1-3H3. The minimum absolute atomic E-state index is 0.319. The molecule has 0 unspecified atom stereocenters. The smallest absolute Gasteiger partial charge is 0.260 e. The Morgan fingerprint density at radius 3 is 1.26 bits per heavy atom. The zero-order chi connectivity index (χ0) is 67.0. The van der Waals surface area contributed by atoms with Gasteiger partial charge in [0.1, 0.15) is 23.0 Å². The second-order valence-electron chi connectivity index (χ2n) is 28.2. The Labute approximate surface area is 589 Å². The number of anilines is 6. The Hall–Kier alpha value is -12.6. The molecule has 1 aromatic heterocycles.